The monoisotopic (exact) mass is 464 g/mol. The van der Waals surface area contributed by atoms with Crippen LogP contribution in [0.15, 0.2) is 65.7 Å². The number of aliphatic hydroxyl groups is 1. The Kier molecular flexibility index (Phi) is 9.04. The predicted octanol–water partition coefficient (Wildman–Crippen LogP) is 5.60. The minimum Gasteiger partial charge on any atom is -0.391 e. The van der Waals surface area contributed by atoms with Crippen molar-refractivity contribution < 1.29 is 9.32 Å². The number of aromatic nitrogens is 1. The Bertz CT molecular complexity index is 1090. The lowest BCUT2D eigenvalue weighted by Crippen LogP contribution is -2.21. The van der Waals surface area contributed by atoms with Crippen molar-refractivity contribution in [2.24, 2.45) is 0 Å². The lowest BCUT2D eigenvalue weighted by Gasteiger charge is -2.14. The number of aliphatic hydroxyl groups excluding tert-OH is 1. The van der Waals surface area contributed by atoms with E-state index in [2.05, 4.69) is 13.0 Å². The zero-order chi connectivity index (χ0) is 22.9. The van der Waals surface area contributed by atoms with Crippen LogP contribution in [-0.4, -0.2) is 37.7 Å². The highest BCUT2D eigenvalue weighted by atomic mass is 32.2. The molecule has 0 fully saturated rings. The number of nitriles is 1. The summed E-state index contributed by atoms with van der Waals surface area (Å²) >= 11 is 1.35. The van der Waals surface area contributed by atoms with Gasteiger partial charge < -0.3 is 5.11 Å². The van der Waals surface area contributed by atoms with Gasteiger partial charge in [-0.05, 0) is 25.0 Å². The van der Waals surface area contributed by atoms with Gasteiger partial charge in [-0.3, -0.25) is 4.21 Å². The van der Waals surface area contributed by atoms with Crippen LogP contribution in [0.25, 0.3) is 22.4 Å². The fourth-order valence-electron chi connectivity index (χ4n) is 3.28. The Balaban J connectivity index is 1.93. The smallest absolute Gasteiger partial charge is 0.115 e. The molecular weight excluding hydrogens is 436 g/mol. The van der Waals surface area contributed by atoms with Crippen molar-refractivity contribution in [2.75, 3.05) is 17.3 Å². The summed E-state index contributed by atoms with van der Waals surface area (Å²) in [5, 5.41) is 21.0. The van der Waals surface area contributed by atoms with Gasteiger partial charge in [0.2, 0.25) is 0 Å². The first-order valence-corrected chi connectivity index (χ1v) is 13.2. The van der Waals surface area contributed by atoms with Crippen LogP contribution in [0, 0.1) is 18.3 Å². The maximum atomic E-state index is 12.1. The molecule has 1 N–H and O–H groups in total. The molecule has 6 heteroatoms. The van der Waals surface area contributed by atoms with Crippen molar-refractivity contribution in [3.63, 3.8) is 0 Å². The van der Waals surface area contributed by atoms with Gasteiger partial charge in [-0.25, -0.2) is 4.98 Å². The molecule has 0 saturated heterocycles. The summed E-state index contributed by atoms with van der Waals surface area (Å²) in [5.74, 6) is 1.20. The van der Waals surface area contributed by atoms with Crippen LogP contribution in [0.1, 0.15) is 30.9 Å². The molecule has 0 radical (unpaired) electrons. The lowest BCUT2D eigenvalue weighted by molar-refractivity contribution is 0.224. The van der Waals surface area contributed by atoms with Gasteiger partial charge in [0.15, 0.2) is 0 Å². The van der Waals surface area contributed by atoms with Crippen molar-refractivity contribution in [2.45, 2.75) is 37.8 Å². The number of hydrogen-bond acceptors (Lipinski definition) is 5. The van der Waals surface area contributed by atoms with E-state index in [9.17, 15) is 14.6 Å². The third-order valence-electron chi connectivity index (χ3n) is 5.05. The second-order valence-electron chi connectivity index (χ2n) is 7.71. The number of pyridine rings is 1. The number of rotatable bonds is 10. The van der Waals surface area contributed by atoms with E-state index in [0.717, 1.165) is 35.2 Å². The summed E-state index contributed by atoms with van der Waals surface area (Å²) < 4.78 is 12.1. The van der Waals surface area contributed by atoms with Gasteiger partial charge in [-0.15, -0.1) is 11.8 Å². The molecule has 0 saturated carbocycles. The fraction of sp³-hybridized carbons (Fsp3) is 0.308. The summed E-state index contributed by atoms with van der Waals surface area (Å²) in [5.41, 5.74) is 5.19. The molecule has 0 amide bonds. The molecule has 32 heavy (non-hydrogen) atoms. The number of hydrogen-bond donors (Lipinski definition) is 1. The Hall–Kier alpha value is -2.46. The number of benzene rings is 2. The molecule has 0 unspecified atom stereocenters. The highest BCUT2D eigenvalue weighted by molar-refractivity contribution is 7.99. The molecule has 0 aliphatic heterocycles. The van der Waals surface area contributed by atoms with E-state index >= 15 is 0 Å². The van der Waals surface area contributed by atoms with Gasteiger partial charge in [0.1, 0.15) is 11.1 Å². The summed E-state index contributed by atoms with van der Waals surface area (Å²) in [6.45, 7) is 4.10. The van der Waals surface area contributed by atoms with Gasteiger partial charge in [0, 0.05) is 33.4 Å². The van der Waals surface area contributed by atoms with Crippen molar-refractivity contribution >= 4 is 22.6 Å². The molecule has 0 aliphatic carbocycles. The molecule has 3 rings (SSSR count). The first kappa shape index (κ1) is 24.2. The highest BCUT2D eigenvalue weighted by Crippen LogP contribution is 2.34. The van der Waals surface area contributed by atoms with E-state index in [4.69, 9.17) is 4.98 Å². The molecule has 1 aromatic heterocycles. The maximum absolute atomic E-state index is 12.1. The molecule has 0 aliphatic rings. The first-order valence-electron chi connectivity index (χ1n) is 10.7. The van der Waals surface area contributed by atoms with E-state index in [1.807, 2.05) is 67.6 Å². The highest BCUT2D eigenvalue weighted by Gasteiger charge is 2.18. The van der Waals surface area contributed by atoms with E-state index in [-0.39, 0.29) is 5.75 Å². The number of unbranched alkanes of at least 4 members (excludes halogenated alkanes) is 1. The fourth-order valence-corrected chi connectivity index (χ4v) is 5.68. The standard InChI is InChI=1S/C26H28N2O2S2/c1-3-4-14-32(30)18-22(29)17-31-26-24(16-27)23(20-8-6-5-7-9-20)15-25(28-26)21-12-10-19(2)11-13-21/h5-13,15,22,29H,3-4,14,17-18H2,1-2H3/t22-,32-/m0/s1. The largest absolute Gasteiger partial charge is 0.391 e. The van der Waals surface area contributed by atoms with Crippen molar-refractivity contribution in [1.82, 2.24) is 4.98 Å². The van der Waals surface area contributed by atoms with Crippen LogP contribution in [0.4, 0.5) is 0 Å². The second kappa shape index (κ2) is 12.0. The summed E-state index contributed by atoms with van der Waals surface area (Å²) in [6.07, 6.45) is 1.17. The van der Waals surface area contributed by atoms with Crippen LogP contribution in [0.3, 0.4) is 0 Å². The van der Waals surface area contributed by atoms with Crippen LogP contribution in [-0.2, 0) is 10.8 Å². The van der Waals surface area contributed by atoms with Gasteiger partial charge in [0.25, 0.3) is 0 Å². The molecule has 3 aromatic rings. The quantitative estimate of drug-likeness (QED) is 0.396. The Labute approximate surface area is 197 Å². The Morgan fingerprint density at radius 3 is 2.50 bits per heavy atom. The van der Waals surface area contributed by atoms with Crippen LogP contribution in [0.5, 0.6) is 0 Å². The van der Waals surface area contributed by atoms with E-state index in [0.29, 0.717) is 22.1 Å². The molecule has 0 bridgehead atoms. The SMILES string of the molecule is CCCC[S@](=O)C[C@@H](O)CSc1nc(-c2ccc(C)cc2)cc(-c2ccccc2)c1C#N. The molecule has 4 nitrogen and oxygen atoms in total. The molecule has 166 valence electrons. The average Bonchev–Trinajstić information content (AvgIpc) is 2.81. The number of thioether (sulfide) groups is 1. The zero-order valence-corrected chi connectivity index (χ0v) is 20.1. The molecule has 2 atom stereocenters. The van der Waals surface area contributed by atoms with Crippen LogP contribution in [0.2, 0.25) is 0 Å². The summed E-state index contributed by atoms with van der Waals surface area (Å²) in [4.78, 5) is 4.78. The first-order chi connectivity index (χ1) is 15.5. The van der Waals surface area contributed by atoms with Crippen molar-refractivity contribution in [1.29, 1.82) is 5.26 Å². The number of aryl methyl sites for hydroxylation is 1. The van der Waals surface area contributed by atoms with E-state index in [1.54, 1.807) is 0 Å². The predicted molar refractivity (Wildman–Crippen MR) is 134 cm³/mol. The average molecular weight is 465 g/mol. The van der Waals surface area contributed by atoms with Crippen LogP contribution < -0.4 is 0 Å². The van der Waals surface area contributed by atoms with Crippen LogP contribution >= 0.6 is 11.8 Å². The Morgan fingerprint density at radius 1 is 1.12 bits per heavy atom. The molecule has 0 spiro atoms. The summed E-state index contributed by atoms with van der Waals surface area (Å²) in [6, 6.07) is 22.2. The molecule has 1 heterocycles. The number of nitrogens with zero attached hydrogens (tertiary/aromatic N) is 2. The normalized spacial score (nSPS) is 12.8. The van der Waals surface area contributed by atoms with Gasteiger partial charge in [0.05, 0.1) is 23.1 Å². The topological polar surface area (TPSA) is 74.0 Å². The molecule has 2 aromatic carbocycles. The van der Waals surface area contributed by atoms with Crippen molar-refractivity contribution in [3.05, 3.63) is 71.8 Å². The maximum Gasteiger partial charge on any atom is 0.115 e. The zero-order valence-electron chi connectivity index (χ0n) is 18.5. The van der Waals surface area contributed by atoms with Gasteiger partial charge in [-0.1, -0.05) is 73.5 Å². The third kappa shape index (κ3) is 6.52. The van der Waals surface area contributed by atoms with Gasteiger partial charge >= 0.3 is 0 Å². The van der Waals surface area contributed by atoms with E-state index in [1.165, 1.54) is 17.3 Å². The van der Waals surface area contributed by atoms with E-state index < -0.39 is 16.9 Å². The third-order valence-corrected chi connectivity index (χ3v) is 7.67. The Morgan fingerprint density at radius 2 is 1.84 bits per heavy atom. The summed E-state index contributed by atoms with van der Waals surface area (Å²) in [7, 11) is -1.03. The second-order valence-corrected chi connectivity index (χ2v) is 10.3. The minimum atomic E-state index is -1.03. The minimum absolute atomic E-state index is 0.248. The lowest BCUT2D eigenvalue weighted by atomic mass is 9.99. The van der Waals surface area contributed by atoms with Gasteiger partial charge in [-0.2, -0.15) is 5.26 Å². The van der Waals surface area contributed by atoms with Crippen molar-refractivity contribution in [3.8, 4) is 28.5 Å². The molecular formula is C26H28N2O2S2.